The Morgan fingerprint density at radius 1 is 0.974 bits per heavy atom. The van der Waals surface area contributed by atoms with Crippen molar-refractivity contribution in [1.29, 1.82) is 0 Å². The van der Waals surface area contributed by atoms with Crippen LogP contribution in [0.5, 0.6) is 0 Å². The molecule has 0 radical (unpaired) electrons. The van der Waals surface area contributed by atoms with Crippen molar-refractivity contribution in [2.24, 2.45) is 13.0 Å². The van der Waals surface area contributed by atoms with Gasteiger partial charge < -0.3 is 4.90 Å². The van der Waals surface area contributed by atoms with Crippen LogP contribution in [0.25, 0.3) is 10.8 Å². The van der Waals surface area contributed by atoms with Crippen molar-refractivity contribution in [3.63, 3.8) is 0 Å². The number of rotatable bonds is 9. The van der Waals surface area contributed by atoms with Crippen LogP contribution in [-0.4, -0.2) is 40.8 Å². The number of fused-ring (bicyclic) bond motifs is 1. The number of tetrazole rings is 1. The number of aromatic nitrogens is 4. The molecule has 4 aromatic rings. The minimum Gasteiger partial charge on any atom is -0.352 e. The summed E-state index contributed by atoms with van der Waals surface area (Å²) >= 11 is 0. The minimum atomic E-state index is -4.55. The molecule has 0 fully saturated rings. The van der Waals surface area contributed by atoms with Gasteiger partial charge in [0.25, 0.3) is 0 Å². The van der Waals surface area contributed by atoms with Crippen LogP contribution in [0.4, 0.5) is 18.9 Å². The lowest BCUT2D eigenvalue weighted by Crippen LogP contribution is -2.55. The van der Waals surface area contributed by atoms with Crippen molar-refractivity contribution < 1.29 is 21.6 Å². The molecule has 0 saturated heterocycles. The van der Waals surface area contributed by atoms with Crippen molar-refractivity contribution in [1.82, 2.24) is 24.9 Å². The minimum absolute atomic E-state index is 0.0569. The highest BCUT2D eigenvalue weighted by Gasteiger charge is 2.35. The Morgan fingerprint density at radius 2 is 1.68 bits per heavy atom. The molecule has 2 unspecified atom stereocenters. The van der Waals surface area contributed by atoms with E-state index in [4.69, 9.17) is 0 Å². The van der Waals surface area contributed by atoms with Gasteiger partial charge in [-0.1, -0.05) is 43.3 Å². The molecular formula is C26H29F3N6O2S. The summed E-state index contributed by atoms with van der Waals surface area (Å²) in [6, 6.07) is 16.7. The third-order valence-corrected chi connectivity index (χ3v) is 7.81. The fourth-order valence-corrected chi connectivity index (χ4v) is 5.78. The monoisotopic (exact) mass is 546 g/mol. The number of anilines is 1. The number of halogens is 3. The third-order valence-electron chi connectivity index (χ3n) is 6.39. The first-order chi connectivity index (χ1) is 17.9. The van der Waals surface area contributed by atoms with E-state index in [0.29, 0.717) is 5.82 Å². The van der Waals surface area contributed by atoms with E-state index in [0.717, 1.165) is 22.9 Å². The standard InChI is InChI=1S/C26H29F3N6O2S/c1-17(2)35(22-11-7-10-21(16-22)26(27,28)29)25(18(3)14-24-30-32-33-34(24)4)31-38(36,37)23-13-12-19-8-5-6-9-20(19)15-23/h5-13,15-18,25,31H,14H2,1-4H3. The zero-order valence-corrected chi connectivity index (χ0v) is 22.2. The molecule has 2 atom stereocenters. The second-order valence-corrected chi connectivity index (χ2v) is 11.2. The Balaban J connectivity index is 1.78. The lowest BCUT2D eigenvalue weighted by atomic mass is 10.0. The van der Waals surface area contributed by atoms with Gasteiger partial charge in [-0.05, 0) is 71.3 Å². The zero-order chi connectivity index (χ0) is 27.7. The highest BCUT2D eigenvalue weighted by atomic mass is 32.2. The van der Waals surface area contributed by atoms with Crippen LogP contribution in [0.1, 0.15) is 32.2 Å². The highest BCUT2D eigenvalue weighted by molar-refractivity contribution is 7.89. The van der Waals surface area contributed by atoms with Crippen LogP contribution in [0, 0.1) is 5.92 Å². The maximum absolute atomic E-state index is 13.7. The summed E-state index contributed by atoms with van der Waals surface area (Å²) in [6.45, 7) is 5.41. The van der Waals surface area contributed by atoms with E-state index >= 15 is 0 Å². The van der Waals surface area contributed by atoms with E-state index in [2.05, 4.69) is 20.2 Å². The first kappa shape index (κ1) is 27.5. The molecular weight excluding hydrogens is 517 g/mol. The molecule has 8 nitrogen and oxygen atoms in total. The van der Waals surface area contributed by atoms with Gasteiger partial charge in [0.2, 0.25) is 10.0 Å². The second-order valence-electron chi connectivity index (χ2n) is 9.52. The quantitative estimate of drug-likeness (QED) is 0.304. The molecule has 3 aromatic carbocycles. The molecule has 0 aliphatic carbocycles. The Bertz CT molecular complexity index is 1520. The molecule has 0 aliphatic rings. The van der Waals surface area contributed by atoms with Gasteiger partial charge in [0, 0.05) is 25.2 Å². The molecule has 1 N–H and O–H groups in total. The lowest BCUT2D eigenvalue weighted by Gasteiger charge is -2.40. The van der Waals surface area contributed by atoms with E-state index in [9.17, 15) is 21.6 Å². The van der Waals surface area contributed by atoms with Gasteiger partial charge >= 0.3 is 6.18 Å². The van der Waals surface area contributed by atoms with E-state index in [-0.39, 0.29) is 23.0 Å². The van der Waals surface area contributed by atoms with E-state index < -0.39 is 33.8 Å². The van der Waals surface area contributed by atoms with Crippen molar-refractivity contribution >= 4 is 26.5 Å². The van der Waals surface area contributed by atoms with Gasteiger partial charge in [0.05, 0.1) is 16.6 Å². The number of alkyl halides is 3. The topological polar surface area (TPSA) is 93.0 Å². The Hall–Kier alpha value is -3.51. The first-order valence-corrected chi connectivity index (χ1v) is 13.5. The fourth-order valence-electron chi connectivity index (χ4n) is 4.45. The van der Waals surface area contributed by atoms with E-state index in [1.807, 2.05) is 31.2 Å². The zero-order valence-electron chi connectivity index (χ0n) is 21.4. The second kappa shape index (κ2) is 10.7. The van der Waals surface area contributed by atoms with Crippen molar-refractivity contribution in [2.75, 3.05) is 4.90 Å². The number of sulfonamides is 1. The van der Waals surface area contributed by atoms with Gasteiger partial charge in [-0.2, -0.15) is 17.9 Å². The summed E-state index contributed by atoms with van der Waals surface area (Å²) in [5.41, 5.74) is -0.578. The molecule has 0 saturated carbocycles. The number of hydrogen-bond donors (Lipinski definition) is 1. The number of aryl methyl sites for hydroxylation is 1. The number of benzene rings is 3. The molecule has 12 heteroatoms. The van der Waals surface area contributed by atoms with Gasteiger partial charge in [-0.15, -0.1) is 5.10 Å². The summed E-state index contributed by atoms with van der Waals surface area (Å²) in [7, 11) is -2.41. The lowest BCUT2D eigenvalue weighted by molar-refractivity contribution is -0.137. The summed E-state index contributed by atoms with van der Waals surface area (Å²) < 4.78 is 72.3. The van der Waals surface area contributed by atoms with Crippen LogP contribution in [0.2, 0.25) is 0 Å². The molecule has 0 spiro atoms. The number of nitrogens with zero attached hydrogens (tertiary/aromatic N) is 5. The SMILES string of the molecule is CC(Cc1nnnn1C)C(NS(=O)(=O)c1ccc2ccccc2c1)N(c1cccc(C(F)(F)F)c1)C(C)C. The maximum atomic E-state index is 13.7. The molecule has 1 aromatic heterocycles. The van der Waals surface area contributed by atoms with E-state index in [1.165, 1.54) is 16.8 Å². The van der Waals surface area contributed by atoms with Gasteiger partial charge in [0.1, 0.15) is 0 Å². The van der Waals surface area contributed by atoms with E-state index in [1.54, 1.807) is 44.0 Å². The molecule has 202 valence electrons. The predicted molar refractivity (Wildman–Crippen MR) is 139 cm³/mol. The third kappa shape index (κ3) is 5.97. The average Bonchev–Trinajstić information content (AvgIpc) is 3.26. The average molecular weight is 547 g/mol. The van der Waals surface area contributed by atoms with Gasteiger partial charge in [-0.25, -0.2) is 13.1 Å². The highest BCUT2D eigenvalue weighted by Crippen LogP contribution is 2.34. The molecule has 4 rings (SSSR count). The van der Waals surface area contributed by atoms with Crippen LogP contribution in [-0.2, 0) is 29.7 Å². The van der Waals surface area contributed by atoms with Crippen LogP contribution in [0.3, 0.4) is 0 Å². The first-order valence-electron chi connectivity index (χ1n) is 12.0. The summed E-state index contributed by atoms with van der Waals surface area (Å²) in [6.07, 6.45) is -5.20. The van der Waals surface area contributed by atoms with Crippen LogP contribution < -0.4 is 9.62 Å². The number of hydrogen-bond acceptors (Lipinski definition) is 6. The Labute approximate surface area is 219 Å². The summed E-state index contributed by atoms with van der Waals surface area (Å²) in [5, 5.41) is 13.1. The summed E-state index contributed by atoms with van der Waals surface area (Å²) in [4.78, 5) is 1.71. The molecule has 0 aliphatic heterocycles. The van der Waals surface area contributed by atoms with Crippen LogP contribution >= 0.6 is 0 Å². The Kier molecular flexibility index (Phi) is 7.75. The fraction of sp³-hybridized carbons (Fsp3) is 0.346. The normalized spacial score (nSPS) is 14.1. The largest absolute Gasteiger partial charge is 0.416 e. The maximum Gasteiger partial charge on any atom is 0.416 e. The van der Waals surface area contributed by atoms with Crippen molar-refractivity contribution in [3.8, 4) is 0 Å². The molecule has 0 amide bonds. The molecule has 1 heterocycles. The van der Waals surface area contributed by atoms with Crippen LogP contribution in [0.15, 0.2) is 71.6 Å². The van der Waals surface area contributed by atoms with Crippen molar-refractivity contribution in [2.45, 2.75) is 50.5 Å². The molecule has 0 bridgehead atoms. The molecule has 38 heavy (non-hydrogen) atoms. The predicted octanol–water partition coefficient (Wildman–Crippen LogP) is 4.78. The summed E-state index contributed by atoms with van der Waals surface area (Å²) in [5.74, 6) is 0.0759. The Morgan fingerprint density at radius 3 is 2.32 bits per heavy atom. The smallest absolute Gasteiger partial charge is 0.352 e. The van der Waals surface area contributed by atoms with Crippen molar-refractivity contribution in [3.05, 3.63) is 78.1 Å². The van der Waals surface area contributed by atoms with Gasteiger partial charge in [0.15, 0.2) is 5.82 Å². The number of nitrogens with one attached hydrogen (secondary N) is 1. The van der Waals surface area contributed by atoms with Gasteiger partial charge in [-0.3, -0.25) is 0 Å².